The zero-order chi connectivity index (χ0) is 12.2. The molecule has 4 saturated carbocycles. The van der Waals surface area contributed by atoms with E-state index in [-0.39, 0.29) is 5.41 Å². The van der Waals surface area contributed by atoms with Crippen LogP contribution in [-0.4, -0.2) is 11.1 Å². The van der Waals surface area contributed by atoms with E-state index in [9.17, 15) is 9.90 Å². The maximum Gasteiger partial charge on any atom is 0.331 e. The van der Waals surface area contributed by atoms with Crippen LogP contribution in [0, 0.1) is 29.1 Å². The van der Waals surface area contributed by atoms with Crippen LogP contribution in [0.4, 0.5) is 0 Å². The van der Waals surface area contributed by atoms with Crippen molar-refractivity contribution in [2.75, 3.05) is 0 Å². The van der Waals surface area contributed by atoms with Gasteiger partial charge in [0.2, 0.25) is 0 Å². The van der Waals surface area contributed by atoms with Crippen molar-refractivity contribution in [1.82, 2.24) is 0 Å². The maximum absolute atomic E-state index is 11.4. The van der Waals surface area contributed by atoms with Gasteiger partial charge < -0.3 is 5.11 Å². The topological polar surface area (TPSA) is 37.3 Å². The van der Waals surface area contributed by atoms with Crippen LogP contribution in [0.25, 0.3) is 0 Å². The van der Waals surface area contributed by atoms with E-state index in [1.807, 2.05) is 0 Å². The third kappa shape index (κ3) is 1.42. The van der Waals surface area contributed by atoms with Crippen molar-refractivity contribution in [2.45, 2.75) is 45.4 Å². The molecule has 0 amide bonds. The van der Waals surface area contributed by atoms with Crippen LogP contribution in [0.3, 0.4) is 0 Å². The molecule has 2 nitrogen and oxygen atoms in total. The number of hydrogen-bond donors (Lipinski definition) is 1. The van der Waals surface area contributed by atoms with Gasteiger partial charge in [0, 0.05) is 11.0 Å². The first-order chi connectivity index (χ1) is 8.06. The molecule has 0 aromatic rings. The van der Waals surface area contributed by atoms with Gasteiger partial charge in [-0.05, 0) is 55.8 Å². The van der Waals surface area contributed by atoms with Crippen molar-refractivity contribution in [3.63, 3.8) is 0 Å². The summed E-state index contributed by atoms with van der Waals surface area (Å²) in [5.41, 5.74) is 0.471. The Hall–Kier alpha value is -0.790. The van der Waals surface area contributed by atoms with E-state index in [4.69, 9.17) is 0 Å². The molecule has 3 atom stereocenters. The number of carboxylic acid groups (broad SMARTS) is 1. The van der Waals surface area contributed by atoms with Gasteiger partial charge >= 0.3 is 5.97 Å². The summed E-state index contributed by atoms with van der Waals surface area (Å²) in [6.45, 7) is 6.17. The Kier molecular flexibility index (Phi) is 2.39. The highest BCUT2D eigenvalue weighted by Crippen LogP contribution is 2.65. The lowest BCUT2D eigenvalue weighted by Crippen LogP contribution is -2.54. The fraction of sp³-hybridized carbons (Fsp3) is 0.800. The molecular formula is C15H22O2. The molecule has 4 rings (SSSR count). The molecule has 0 spiro atoms. The monoisotopic (exact) mass is 234 g/mol. The fourth-order valence-corrected chi connectivity index (χ4v) is 5.55. The van der Waals surface area contributed by atoms with Gasteiger partial charge in [-0.3, -0.25) is 0 Å². The lowest BCUT2D eigenvalue weighted by atomic mass is 9.43. The number of carbonyl (C=O) groups is 1. The van der Waals surface area contributed by atoms with Crippen LogP contribution in [0.1, 0.15) is 45.4 Å². The van der Waals surface area contributed by atoms with Crippen molar-refractivity contribution < 1.29 is 9.90 Å². The quantitative estimate of drug-likeness (QED) is 0.759. The molecule has 0 aliphatic heterocycles. The Morgan fingerprint density at radius 2 is 1.88 bits per heavy atom. The van der Waals surface area contributed by atoms with E-state index in [1.54, 1.807) is 0 Å². The van der Waals surface area contributed by atoms with Crippen LogP contribution < -0.4 is 0 Å². The minimum absolute atomic E-state index is 0.0463. The molecule has 17 heavy (non-hydrogen) atoms. The van der Waals surface area contributed by atoms with Crippen molar-refractivity contribution in [1.29, 1.82) is 0 Å². The largest absolute Gasteiger partial charge is 0.478 e. The molecule has 94 valence electrons. The van der Waals surface area contributed by atoms with Gasteiger partial charge in [0.25, 0.3) is 0 Å². The van der Waals surface area contributed by atoms with Gasteiger partial charge in [0.05, 0.1) is 0 Å². The highest BCUT2D eigenvalue weighted by molar-refractivity contribution is 5.87. The third-order valence-electron chi connectivity index (χ3n) is 5.82. The molecule has 4 bridgehead atoms. The predicted octanol–water partition coefficient (Wildman–Crippen LogP) is 3.48. The highest BCUT2D eigenvalue weighted by atomic mass is 16.4. The molecule has 0 aromatic heterocycles. The van der Waals surface area contributed by atoms with Crippen LogP contribution in [0.5, 0.6) is 0 Å². The van der Waals surface area contributed by atoms with Crippen molar-refractivity contribution in [3.05, 3.63) is 12.2 Å². The summed E-state index contributed by atoms with van der Waals surface area (Å²) in [6.07, 6.45) is 7.37. The molecule has 1 N–H and O–H groups in total. The summed E-state index contributed by atoms with van der Waals surface area (Å²) in [4.78, 5) is 11.4. The smallest absolute Gasteiger partial charge is 0.331 e. The van der Waals surface area contributed by atoms with Gasteiger partial charge in [-0.1, -0.05) is 19.9 Å². The Morgan fingerprint density at radius 1 is 1.29 bits per heavy atom. The van der Waals surface area contributed by atoms with Gasteiger partial charge in [-0.2, -0.15) is 0 Å². The van der Waals surface area contributed by atoms with Gasteiger partial charge in [0.15, 0.2) is 0 Å². The van der Waals surface area contributed by atoms with Gasteiger partial charge in [0.1, 0.15) is 0 Å². The lowest BCUT2D eigenvalue weighted by Gasteiger charge is -2.61. The first-order valence-corrected chi connectivity index (χ1v) is 6.99. The average Bonchev–Trinajstić information content (AvgIpc) is 2.26. The minimum atomic E-state index is -0.759. The summed E-state index contributed by atoms with van der Waals surface area (Å²) >= 11 is 0. The molecular weight excluding hydrogens is 212 g/mol. The van der Waals surface area contributed by atoms with Crippen molar-refractivity contribution in [2.24, 2.45) is 29.1 Å². The summed E-state index contributed by atoms with van der Waals surface area (Å²) in [5, 5.41) is 9.36. The zero-order valence-electron chi connectivity index (χ0n) is 10.6. The highest BCUT2D eigenvalue weighted by Gasteiger charge is 2.58. The second kappa shape index (κ2) is 3.60. The summed E-state index contributed by atoms with van der Waals surface area (Å²) < 4.78 is 0. The van der Waals surface area contributed by atoms with Crippen LogP contribution in [0.15, 0.2) is 12.2 Å². The molecule has 2 heteroatoms. The Morgan fingerprint density at radius 3 is 2.35 bits per heavy atom. The fourth-order valence-electron chi connectivity index (χ4n) is 5.55. The van der Waals surface area contributed by atoms with Crippen LogP contribution >= 0.6 is 0 Å². The number of carboxylic acids is 1. The predicted molar refractivity (Wildman–Crippen MR) is 66.5 cm³/mol. The van der Waals surface area contributed by atoms with Gasteiger partial charge in [-0.25, -0.2) is 4.79 Å². The molecule has 4 aliphatic rings. The minimum Gasteiger partial charge on any atom is -0.478 e. The number of aliphatic carboxylic acids is 1. The summed E-state index contributed by atoms with van der Waals surface area (Å²) in [6, 6.07) is 0. The summed E-state index contributed by atoms with van der Waals surface area (Å²) in [5.74, 6) is 2.17. The van der Waals surface area contributed by atoms with E-state index in [0.717, 1.165) is 37.0 Å². The number of rotatable bonds is 3. The molecule has 0 aromatic carbocycles. The van der Waals surface area contributed by atoms with E-state index < -0.39 is 5.97 Å². The zero-order valence-corrected chi connectivity index (χ0v) is 10.6. The second-order valence-electron chi connectivity index (χ2n) is 6.56. The summed E-state index contributed by atoms with van der Waals surface area (Å²) in [7, 11) is 0. The third-order valence-corrected chi connectivity index (χ3v) is 5.82. The Bertz CT molecular complexity index is 357. The first-order valence-electron chi connectivity index (χ1n) is 6.99. The molecule has 0 unspecified atom stereocenters. The van der Waals surface area contributed by atoms with E-state index in [0.29, 0.717) is 11.5 Å². The molecule has 0 saturated heterocycles. The van der Waals surface area contributed by atoms with E-state index in [1.165, 1.54) is 19.3 Å². The van der Waals surface area contributed by atoms with Crippen LogP contribution in [0.2, 0.25) is 0 Å². The van der Waals surface area contributed by atoms with Crippen molar-refractivity contribution in [3.8, 4) is 0 Å². The Balaban J connectivity index is 2.00. The standard InChI is InChI=1S/C15H22O2/c1-3-13-12-5-10-4-11(6-12)8-15(13,7-10)9(2)14(16)17/h10-13H,2-8H2,1H3,(H,16,17)/t10-,11-,12?,13+,15?/m0/s1. The van der Waals surface area contributed by atoms with Crippen molar-refractivity contribution >= 4 is 5.97 Å². The Labute approximate surface area is 103 Å². The molecule has 4 aliphatic carbocycles. The normalized spacial score (nSPS) is 47.1. The number of hydrogen-bond acceptors (Lipinski definition) is 1. The second-order valence-corrected chi connectivity index (χ2v) is 6.56. The molecule has 0 radical (unpaired) electrons. The first kappa shape index (κ1) is 11.3. The van der Waals surface area contributed by atoms with Gasteiger partial charge in [-0.15, -0.1) is 0 Å². The molecule has 0 heterocycles. The van der Waals surface area contributed by atoms with E-state index >= 15 is 0 Å². The maximum atomic E-state index is 11.4. The van der Waals surface area contributed by atoms with E-state index in [2.05, 4.69) is 13.5 Å². The molecule has 4 fully saturated rings. The van der Waals surface area contributed by atoms with Crippen LogP contribution in [-0.2, 0) is 4.79 Å². The SMILES string of the molecule is C=C(C(=O)O)C12C[C@@H]3CC(C[C@H](C3)C1)[C@H]2CC. The lowest BCUT2D eigenvalue weighted by molar-refractivity contribution is -0.140. The average molecular weight is 234 g/mol.